The Kier molecular flexibility index (Phi) is 4.57. The van der Waals surface area contributed by atoms with Gasteiger partial charge in [0.05, 0.1) is 12.1 Å². The van der Waals surface area contributed by atoms with Crippen molar-refractivity contribution in [1.82, 2.24) is 9.88 Å². The molecule has 0 saturated heterocycles. The van der Waals surface area contributed by atoms with Gasteiger partial charge in [-0.05, 0) is 37.4 Å². The van der Waals surface area contributed by atoms with E-state index in [0.717, 1.165) is 16.5 Å². The monoisotopic (exact) mass is 274 g/mol. The van der Waals surface area contributed by atoms with Gasteiger partial charge in [-0.2, -0.15) is 0 Å². The fourth-order valence-electron chi connectivity index (χ4n) is 2.39. The van der Waals surface area contributed by atoms with E-state index in [0.29, 0.717) is 13.2 Å². The van der Waals surface area contributed by atoms with Gasteiger partial charge >= 0.3 is 0 Å². The van der Waals surface area contributed by atoms with Crippen LogP contribution in [0.25, 0.3) is 10.9 Å². The second-order valence-electron chi connectivity index (χ2n) is 5.33. The lowest BCUT2D eigenvalue weighted by Crippen LogP contribution is -2.33. The minimum atomic E-state index is 0.0541. The number of nitrogens with zero attached hydrogens (tertiary/aromatic N) is 1. The summed E-state index contributed by atoms with van der Waals surface area (Å²) >= 11 is 0. The molecule has 0 saturated carbocycles. The third-order valence-corrected chi connectivity index (χ3v) is 3.51. The molecular weight excluding hydrogens is 252 g/mol. The highest BCUT2D eigenvalue weighted by atomic mass is 16.5. The fourth-order valence-corrected chi connectivity index (χ4v) is 2.39. The lowest BCUT2D eigenvalue weighted by molar-refractivity contribution is 0.171. The Morgan fingerprint density at radius 3 is 2.80 bits per heavy atom. The summed E-state index contributed by atoms with van der Waals surface area (Å²) in [4.78, 5) is 12.3. The van der Waals surface area contributed by atoms with Crippen molar-refractivity contribution in [3.63, 3.8) is 0 Å². The molecule has 20 heavy (non-hydrogen) atoms. The van der Waals surface area contributed by atoms with Gasteiger partial charge < -0.3 is 14.6 Å². The molecule has 1 unspecified atom stereocenters. The van der Waals surface area contributed by atoms with E-state index in [4.69, 9.17) is 4.74 Å². The van der Waals surface area contributed by atoms with Crippen molar-refractivity contribution in [3.05, 3.63) is 45.7 Å². The van der Waals surface area contributed by atoms with Crippen molar-refractivity contribution in [2.45, 2.75) is 26.4 Å². The first-order valence-corrected chi connectivity index (χ1v) is 6.84. The van der Waals surface area contributed by atoms with E-state index in [-0.39, 0.29) is 11.6 Å². The van der Waals surface area contributed by atoms with Gasteiger partial charge in [-0.3, -0.25) is 4.79 Å². The van der Waals surface area contributed by atoms with E-state index in [1.165, 1.54) is 5.56 Å². The summed E-state index contributed by atoms with van der Waals surface area (Å²) in [6.45, 7) is 5.29. The largest absolute Gasteiger partial charge is 0.383 e. The van der Waals surface area contributed by atoms with Crippen LogP contribution in [0.3, 0.4) is 0 Å². The van der Waals surface area contributed by atoms with Crippen LogP contribution >= 0.6 is 0 Å². The van der Waals surface area contributed by atoms with Gasteiger partial charge in [0.2, 0.25) is 0 Å². The van der Waals surface area contributed by atoms with Crippen LogP contribution in [0, 0.1) is 6.92 Å². The number of pyridine rings is 1. The molecule has 1 aromatic carbocycles. The van der Waals surface area contributed by atoms with Gasteiger partial charge in [-0.15, -0.1) is 0 Å². The second kappa shape index (κ2) is 6.20. The van der Waals surface area contributed by atoms with Crippen molar-refractivity contribution in [2.24, 2.45) is 7.05 Å². The zero-order valence-corrected chi connectivity index (χ0v) is 12.6. The molecule has 0 spiro atoms. The molecule has 0 aliphatic rings. The molecule has 4 heteroatoms. The molecule has 0 bridgehead atoms. The highest BCUT2D eigenvalue weighted by molar-refractivity contribution is 5.80. The Balaban J connectivity index is 2.34. The van der Waals surface area contributed by atoms with Crippen molar-refractivity contribution < 1.29 is 4.74 Å². The Bertz CT molecular complexity index is 661. The van der Waals surface area contributed by atoms with Gasteiger partial charge in [-0.1, -0.05) is 11.6 Å². The number of fused-ring (bicyclic) bond motifs is 1. The summed E-state index contributed by atoms with van der Waals surface area (Å²) in [5.74, 6) is 0. The minimum Gasteiger partial charge on any atom is -0.383 e. The summed E-state index contributed by atoms with van der Waals surface area (Å²) in [5.41, 5.74) is 3.00. The second-order valence-corrected chi connectivity index (χ2v) is 5.33. The average Bonchev–Trinajstić information content (AvgIpc) is 2.41. The number of methoxy groups -OCH3 is 1. The maximum atomic E-state index is 12.3. The van der Waals surface area contributed by atoms with Gasteiger partial charge in [0, 0.05) is 32.3 Å². The number of hydrogen-bond donors (Lipinski definition) is 1. The Labute approximate surface area is 119 Å². The van der Waals surface area contributed by atoms with Crippen LogP contribution in [-0.4, -0.2) is 24.3 Å². The normalized spacial score (nSPS) is 12.8. The number of ether oxygens (including phenoxy) is 1. The number of hydrogen-bond acceptors (Lipinski definition) is 3. The van der Waals surface area contributed by atoms with Crippen LogP contribution in [0.1, 0.15) is 18.1 Å². The first-order valence-electron chi connectivity index (χ1n) is 6.84. The molecule has 0 fully saturated rings. The van der Waals surface area contributed by atoms with E-state index < -0.39 is 0 Å². The molecule has 0 aliphatic carbocycles. The Morgan fingerprint density at radius 1 is 1.35 bits per heavy atom. The lowest BCUT2D eigenvalue weighted by Gasteiger charge is -2.14. The molecule has 108 valence electrons. The quantitative estimate of drug-likeness (QED) is 0.906. The number of nitrogens with one attached hydrogen (secondary N) is 1. The van der Waals surface area contributed by atoms with E-state index in [2.05, 4.69) is 18.3 Å². The highest BCUT2D eigenvalue weighted by Gasteiger charge is 2.08. The number of benzene rings is 1. The maximum absolute atomic E-state index is 12.3. The molecular formula is C16H22N2O2. The fraction of sp³-hybridized carbons (Fsp3) is 0.438. The maximum Gasteiger partial charge on any atom is 0.255 e. The van der Waals surface area contributed by atoms with Crippen molar-refractivity contribution in [3.8, 4) is 0 Å². The van der Waals surface area contributed by atoms with Gasteiger partial charge in [0.15, 0.2) is 0 Å². The SMILES string of the molecule is COCC(C)NCc1cc2cc(C)ccc2n(C)c1=O. The minimum absolute atomic E-state index is 0.0541. The van der Waals surface area contributed by atoms with Gasteiger partial charge in [0.1, 0.15) is 0 Å². The summed E-state index contributed by atoms with van der Waals surface area (Å²) in [5, 5.41) is 4.41. The Morgan fingerprint density at radius 2 is 2.10 bits per heavy atom. The predicted octanol–water partition coefficient (Wildman–Crippen LogP) is 1.97. The van der Waals surface area contributed by atoms with Crippen LogP contribution in [0.5, 0.6) is 0 Å². The lowest BCUT2D eigenvalue weighted by atomic mass is 10.1. The zero-order valence-electron chi connectivity index (χ0n) is 12.6. The molecule has 0 amide bonds. The number of rotatable bonds is 5. The summed E-state index contributed by atoms with van der Waals surface area (Å²) in [7, 11) is 3.50. The van der Waals surface area contributed by atoms with E-state index >= 15 is 0 Å². The summed E-state index contributed by atoms with van der Waals surface area (Å²) in [6.07, 6.45) is 0. The molecule has 2 aromatic rings. The van der Waals surface area contributed by atoms with Gasteiger partial charge in [0.25, 0.3) is 5.56 Å². The molecule has 1 N–H and O–H groups in total. The molecule has 1 aromatic heterocycles. The number of aromatic nitrogens is 1. The van der Waals surface area contributed by atoms with Crippen LogP contribution in [0.2, 0.25) is 0 Å². The van der Waals surface area contributed by atoms with E-state index in [1.807, 2.05) is 32.2 Å². The standard InChI is InChI=1S/C16H22N2O2/c1-11-5-6-15-13(7-11)8-14(16(19)18(15)3)9-17-12(2)10-20-4/h5-8,12,17H,9-10H2,1-4H3. The first-order chi connectivity index (χ1) is 9.52. The number of aryl methyl sites for hydroxylation is 2. The van der Waals surface area contributed by atoms with Crippen LogP contribution in [0.15, 0.2) is 29.1 Å². The smallest absolute Gasteiger partial charge is 0.255 e. The van der Waals surface area contributed by atoms with E-state index in [9.17, 15) is 4.79 Å². The van der Waals surface area contributed by atoms with Gasteiger partial charge in [-0.25, -0.2) is 0 Å². The van der Waals surface area contributed by atoms with E-state index in [1.54, 1.807) is 11.7 Å². The third kappa shape index (κ3) is 3.08. The zero-order chi connectivity index (χ0) is 14.7. The molecule has 0 radical (unpaired) electrons. The first kappa shape index (κ1) is 14.8. The highest BCUT2D eigenvalue weighted by Crippen LogP contribution is 2.15. The molecule has 0 aliphatic heterocycles. The summed E-state index contributed by atoms with van der Waals surface area (Å²) in [6, 6.07) is 8.34. The van der Waals surface area contributed by atoms with Crippen molar-refractivity contribution >= 4 is 10.9 Å². The molecule has 4 nitrogen and oxygen atoms in total. The topological polar surface area (TPSA) is 43.3 Å². The van der Waals surface area contributed by atoms with Crippen LogP contribution < -0.4 is 10.9 Å². The molecule has 2 rings (SSSR count). The molecule has 1 heterocycles. The van der Waals surface area contributed by atoms with Crippen LogP contribution in [0.4, 0.5) is 0 Å². The van der Waals surface area contributed by atoms with Crippen molar-refractivity contribution in [2.75, 3.05) is 13.7 Å². The van der Waals surface area contributed by atoms with Crippen LogP contribution in [-0.2, 0) is 18.3 Å². The predicted molar refractivity (Wildman–Crippen MR) is 82.1 cm³/mol. The molecule has 1 atom stereocenters. The average molecular weight is 274 g/mol. The van der Waals surface area contributed by atoms with Crippen molar-refractivity contribution in [1.29, 1.82) is 0 Å². The third-order valence-electron chi connectivity index (χ3n) is 3.51. The summed E-state index contributed by atoms with van der Waals surface area (Å²) < 4.78 is 6.80. The Hall–Kier alpha value is -1.65.